The third kappa shape index (κ3) is 7.85. The zero-order valence-electron chi connectivity index (χ0n) is 6.18. The summed E-state index contributed by atoms with van der Waals surface area (Å²) in [5, 5.41) is 10.0. The van der Waals surface area contributed by atoms with Gasteiger partial charge in [0.2, 0.25) is 0 Å². The van der Waals surface area contributed by atoms with Crippen LogP contribution in [0.2, 0.25) is 0 Å². The van der Waals surface area contributed by atoms with Gasteiger partial charge in [-0.05, 0) is 13.8 Å². The highest BCUT2D eigenvalue weighted by atomic mass is 35.5. The summed E-state index contributed by atoms with van der Waals surface area (Å²) in [6.45, 7) is 3.79. The molecule has 0 bridgehead atoms. The molecule has 1 atom stereocenters. The molecule has 0 saturated carbocycles. The van der Waals surface area contributed by atoms with Crippen molar-refractivity contribution in [3.05, 3.63) is 0 Å². The van der Waals surface area contributed by atoms with Gasteiger partial charge in [0.25, 0.3) is 0 Å². The lowest BCUT2D eigenvalue weighted by molar-refractivity contribution is 0.701. The Morgan fingerprint density at radius 1 is 1.80 bits per heavy atom. The summed E-state index contributed by atoms with van der Waals surface area (Å²) in [6.07, 6.45) is 0.771. The summed E-state index contributed by atoms with van der Waals surface area (Å²) in [4.78, 5) is 0. The van der Waals surface area contributed by atoms with Gasteiger partial charge >= 0.3 is 0 Å². The highest BCUT2D eigenvalue weighted by Crippen LogP contribution is 1.89. The van der Waals surface area contributed by atoms with Crippen molar-refractivity contribution in [3.8, 4) is 0 Å². The summed E-state index contributed by atoms with van der Waals surface area (Å²) >= 11 is 4.57. The third-order valence-electron chi connectivity index (χ3n) is 0.965. The summed E-state index contributed by atoms with van der Waals surface area (Å²) in [7, 11) is 0. The van der Waals surface area contributed by atoms with E-state index in [0.29, 0.717) is 11.8 Å². The number of halogens is 1. The van der Waals surface area contributed by atoms with Crippen LogP contribution in [0.5, 0.6) is 0 Å². The van der Waals surface area contributed by atoms with E-state index in [1.165, 1.54) is 5.49 Å². The first kappa shape index (κ1) is 12.5. The minimum Gasteiger partial charge on any atom is -0.379 e. The number of thiocarbonyl (C=S) groups is 1. The molecule has 0 aromatic carbocycles. The van der Waals surface area contributed by atoms with E-state index in [2.05, 4.69) is 17.5 Å². The maximum Gasteiger partial charge on any atom is 0.0617 e. The molecule has 10 heavy (non-hydrogen) atoms. The lowest BCUT2D eigenvalue weighted by Crippen LogP contribution is -2.25. The van der Waals surface area contributed by atoms with Gasteiger partial charge in [0.1, 0.15) is 0 Å². The second kappa shape index (κ2) is 6.96. The van der Waals surface area contributed by atoms with Gasteiger partial charge in [0, 0.05) is 18.2 Å². The van der Waals surface area contributed by atoms with Crippen molar-refractivity contribution in [1.29, 1.82) is 5.41 Å². The van der Waals surface area contributed by atoms with Gasteiger partial charge in [0.15, 0.2) is 0 Å². The van der Waals surface area contributed by atoms with Crippen LogP contribution < -0.4 is 5.32 Å². The van der Waals surface area contributed by atoms with E-state index in [1.54, 1.807) is 6.92 Å². The molecule has 0 heterocycles. The first-order valence-electron chi connectivity index (χ1n) is 2.90. The molecular weight excluding hydrogens is 168 g/mol. The van der Waals surface area contributed by atoms with Crippen molar-refractivity contribution in [2.45, 2.75) is 26.3 Å². The molecular formula is C6H13ClN2S. The van der Waals surface area contributed by atoms with E-state index >= 15 is 0 Å². The van der Waals surface area contributed by atoms with E-state index in [1.807, 2.05) is 6.92 Å². The van der Waals surface area contributed by atoms with Crippen LogP contribution in [0, 0.1) is 5.41 Å². The minimum atomic E-state index is 0. The van der Waals surface area contributed by atoms with E-state index in [9.17, 15) is 0 Å². The van der Waals surface area contributed by atoms with Crippen LogP contribution in [0.15, 0.2) is 0 Å². The van der Waals surface area contributed by atoms with E-state index in [0.717, 1.165) is 6.42 Å². The Kier molecular flexibility index (Phi) is 8.72. The maximum atomic E-state index is 7.12. The van der Waals surface area contributed by atoms with Crippen LogP contribution in [-0.2, 0) is 0 Å². The molecule has 0 amide bonds. The van der Waals surface area contributed by atoms with Crippen LogP contribution in [0.3, 0.4) is 0 Å². The molecule has 0 aliphatic carbocycles. The molecule has 2 nitrogen and oxygen atoms in total. The molecule has 60 valence electrons. The van der Waals surface area contributed by atoms with Crippen LogP contribution in [0.25, 0.3) is 0 Å². The van der Waals surface area contributed by atoms with Crippen molar-refractivity contribution in [3.63, 3.8) is 0 Å². The van der Waals surface area contributed by atoms with Gasteiger partial charge in [-0.3, -0.25) is 0 Å². The fourth-order valence-electron chi connectivity index (χ4n) is 0.634. The smallest absolute Gasteiger partial charge is 0.0617 e. The lowest BCUT2D eigenvalue weighted by Gasteiger charge is -2.08. The quantitative estimate of drug-likeness (QED) is 0.511. The van der Waals surface area contributed by atoms with E-state index in [-0.39, 0.29) is 12.4 Å². The Hall–Kier alpha value is -0.150. The second-order valence-corrected chi connectivity index (χ2v) is 2.41. The Morgan fingerprint density at radius 3 is 2.60 bits per heavy atom. The first-order chi connectivity index (χ1) is 4.16. The number of hydrogen-bond acceptors (Lipinski definition) is 2. The Labute approximate surface area is 73.3 Å². The van der Waals surface area contributed by atoms with E-state index in [4.69, 9.17) is 5.41 Å². The molecule has 2 N–H and O–H groups in total. The zero-order valence-corrected chi connectivity index (χ0v) is 7.81. The van der Waals surface area contributed by atoms with Crippen LogP contribution in [-0.4, -0.2) is 17.2 Å². The van der Waals surface area contributed by atoms with Crippen molar-refractivity contribution >= 4 is 35.8 Å². The molecule has 0 saturated heterocycles. The van der Waals surface area contributed by atoms with Gasteiger partial charge in [-0.25, -0.2) is 0 Å². The molecule has 0 aliphatic heterocycles. The molecule has 4 heteroatoms. The number of rotatable bonds is 4. The van der Waals surface area contributed by atoms with Crippen LogP contribution >= 0.6 is 24.6 Å². The van der Waals surface area contributed by atoms with Gasteiger partial charge < -0.3 is 10.7 Å². The fraction of sp³-hybridized carbons (Fsp3) is 0.667. The van der Waals surface area contributed by atoms with Crippen molar-refractivity contribution < 1.29 is 0 Å². The zero-order chi connectivity index (χ0) is 7.28. The molecule has 0 aromatic rings. The highest BCUT2D eigenvalue weighted by Gasteiger charge is 1.97. The average Bonchev–Trinajstić information content (AvgIpc) is 1.63. The Balaban J connectivity index is 0. The van der Waals surface area contributed by atoms with Gasteiger partial charge in [-0.1, -0.05) is 12.2 Å². The monoisotopic (exact) mass is 180 g/mol. The van der Waals surface area contributed by atoms with Crippen LogP contribution in [0.1, 0.15) is 20.3 Å². The van der Waals surface area contributed by atoms with Gasteiger partial charge in [-0.15, -0.1) is 12.4 Å². The average molecular weight is 181 g/mol. The summed E-state index contributed by atoms with van der Waals surface area (Å²) in [6, 6.07) is 0.306. The lowest BCUT2D eigenvalue weighted by atomic mass is 10.2. The fourth-order valence-corrected chi connectivity index (χ4v) is 0.867. The molecule has 1 unspecified atom stereocenters. The number of hydrogen-bond donors (Lipinski definition) is 2. The standard InChI is InChI=1S/C6H12N2S.ClH/c1-5(7)3-6(2)8-4-9;/h4,6-7H,3H2,1-2H3,(H,8,9);1H. The van der Waals surface area contributed by atoms with Crippen molar-refractivity contribution in [2.75, 3.05) is 0 Å². The highest BCUT2D eigenvalue weighted by molar-refractivity contribution is 7.78. The SMILES string of the molecule is CC(=N)CC(C)NC=S.Cl. The molecule has 0 rings (SSSR count). The molecule has 0 spiro atoms. The van der Waals surface area contributed by atoms with Gasteiger partial charge in [0.05, 0.1) is 5.49 Å². The summed E-state index contributed by atoms with van der Waals surface area (Å²) in [5.41, 5.74) is 2.18. The Bertz CT molecular complexity index is 116. The minimum absolute atomic E-state index is 0. The van der Waals surface area contributed by atoms with Crippen molar-refractivity contribution in [1.82, 2.24) is 5.32 Å². The number of nitrogens with one attached hydrogen (secondary N) is 2. The van der Waals surface area contributed by atoms with E-state index < -0.39 is 0 Å². The predicted molar refractivity (Wildman–Crippen MR) is 51.5 cm³/mol. The first-order valence-corrected chi connectivity index (χ1v) is 3.37. The third-order valence-corrected chi connectivity index (χ3v) is 1.10. The second-order valence-electron chi connectivity index (χ2n) is 2.17. The van der Waals surface area contributed by atoms with Crippen molar-refractivity contribution in [2.24, 2.45) is 0 Å². The van der Waals surface area contributed by atoms with Gasteiger partial charge in [-0.2, -0.15) is 0 Å². The summed E-state index contributed by atoms with van der Waals surface area (Å²) in [5.74, 6) is 0. The maximum absolute atomic E-state index is 7.12. The summed E-state index contributed by atoms with van der Waals surface area (Å²) < 4.78 is 0. The molecule has 0 fully saturated rings. The van der Waals surface area contributed by atoms with Crippen LogP contribution in [0.4, 0.5) is 0 Å². The predicted octanol–water partition coefficient (Wildman–Crippen LogP) is 1.77. The molecule has 0 aromatic heterocycles. The largest absolute Gasteiger partial charge is 0.379 e. The Morgan fingerprint density at radius 2 is 2.30 bits per heavy atom. The molecule has 0 aliphatic rings. The normalized spacial score (nSPS) is 11.0. The molecule has 0 radical (unpaired) electrons. The topological polar surface area (TPSA) is 35.9 Å².